The van der Waals surface area contributed by atoms with Crippen LogP contribution in [-0.4, -0.2) is 36.6 Å². The number of nitrogens with one attached hydrogen (secondary N) is 1. The van der Waals surface area contributed by atoms with E-state index in [9.17, 15) is 0 Å². The fraction of sp³-hybridized carbons (Fsp3) is 0.692. The molecule has 0 radical (unpaired) electrons. The van der Waals surface area contributed by atoms with Crippen molar-refractivity contribution in [1.29, 1.82) is 0 Å². The number of rotatable bonds is 4. The zero-order chi connectivity index (χ0) is 12.3. The Morgan fingerprint density at radius 1 is 1.47 bits per heavy atom. The van der Waals surface area contributed by atoms with E-state index < -0.39 is 0 Å². The molecule has 0 aromatic carbocycles. The minimum atomic E-state index is 0.167. The van der Waals surface area contributed by atoms with Crippen molar-refractivity contribution < 1.29 is 0 Å². The summed E-state index contributed by atoms with van der Waals surface area (Å²) >= 11 is 1.76. The van der Waals surface area contributed by atoms with Gasteiger partial charge in [-0.2, -0.15) is 0 Å². The number of piperazine rings is 1. The molecule has 1 aliphatic rings. The molecule has 1 saturated heterocycles. The van der Waals surface area contributed by atoms with Crippen molar-refractivity contribution in [3.8, 4) is 0 Å². The van der Waals surface area contributed by atoms with Crippen LogP contribution in [-0.2, 0) is 0 Å². The highest BCUT2D eigenvalue weighted by Crippen LogP contribution is 2.29. The maximum absolute atomic E-state index is 6.30. The minimum absolute atomic E-state index is 0.167. The molecule has 0 amide bonds. The molecular weight excluding hydrogens is 230 g/mol. The van der Waals surface area contributed by atoms with E-state index in [0.29, 0.717) is 0 Å². The summed E-state index contributed by atoms with van der Waals surface area (Å²) in [5, 5.41) is 5.50. The molecule has 2 rings (SSSR count). The van der Waals surface area contributed by atoms with E-state index in [0.717, 1.165) is 32.6 Å². The maximum atomic E-state index is 6.30. The Balaban J connectivity index is 1.96. The van der Waals surface area contributed by atoms with Crippen LogP contribution in [0.4, 0.5) is 0 Å². The van der Waals surface area contributed by atoms with Gasteiger partial charge in [-0.1, -0.05) is 6.07 Å². The quantitative estimate of drug-likeness (QED) is 0.860. The predicted molar refractivity (Wildman–Crippen MR) is 74.4 cm³/mol. The topological polar surface area (TPSA) is 41.3 Å². The van der Waals surface area contributed by atoms with Gasteiger partial charge >= 0.3 is 0 Å². The second-order valence-corrected chi connectivity index (χ2v) is 6.35. The number of nitrogens with two attached hydrogens (primary N) is 1. The van der Waals surface area contributed by atoms with Gasteiger partial charge in [-0.3, -0.25) is 4.90 Å². The Morgan fingerprint density at radius 2 is 2.18 bits per heavy atom. The largest absolute Gasteiger partial charge is 0.323 e. The first-order chi connectivity index (χ1) is 8.09. The normalized spacial score (nSPS) is 20.4. The maximum Gasteiger partial charge on any atom is 0.0407 e. The van der Waals surface area contributed by atoms with Crippen LogP contribution in [0.25, 0.3) is 0 Å². The average molecular weight is 253 g/mol. The Hall–Kier alpha value is -0.420. The highest BCUT2D eigenvalue weighted by molar-refractivity contribution is 7.10. The lowest BCUT2D eigenvalue weighted by Gasteiger charge is -2.42. The van der Waals surface area contributed by atoms with Crippen LogP contribution in [0.2, 0.25) is 0 Å². The van der Waals surface area contributed by atoms with E-state index in [4.69, 9.17) is 5.73 Å². The summed E-state index contributed by atoms with van der Waals surface area (Å²) in [5.41, 5.74) is 6.49. The number of hydrogen-bond acceptors (Lipinski definition) is 4. The molecule has 3 N–H and O–H groups in total. The minimum Gasteiger partial charge on any atom is -0.323 e. The Morgan fingerprint density at radius 3 is 2.76 bits per heavy atom. The molecule has 1 unspecified atom stereocenters. The molecule has 3 nitrogen and oxygen atoms in total. The van der Waals surface area contributed by atoms with Gasteiger partial charge in [-0.15, -0.1) is 11.3 Å². The number of thiophene rings is 1. The Bertz CT molecular complexity index is 328. The van der Waals surface area contributed by atoms with E-state index in [2.05, 4.69) is 41.6 Å². The SMILES string of the molecule is CC(C)(CC(N)c1cccs1)N1CCNCC1. The zero-order valence-electron chi connectivity index (χ0n) is 10.8. The molecule has 0 saturated carbocycles. The van der Waals surface area contributed by atoms with Gasteiger partial charge in [0.05, 0.1) is 0 Å². The van der Waals surface area contributed by atoms with Gasteiger partial charge in [0.25, 0.3) is 0 Å². The molecule has 4 heteroatoms. The van der Waals surface area contributed by atoms with Gasteiger partial charge in [0, 0.05) is 42.6 Å². The zero-order valence-corrected chi connectivity index (χ0v) is 11.6. The van der Waals surface area contributed by atoms with Gasteiger partial charge in [0.15, 0.2) is 0 Å². The molecule has 1 fully saturated rings. The Labute approximate surface area is 108 Å². The van der Waals surface area contributed by atoms with Crippen molar-refractivity contribution in [2.45, 2.75) is 31.8 Å². The van der Waals surface area contributed by atoms with Crippen molar-refractivity contribution in [1.82, 2.24) is 10.2 Å². The second kappa shape index (κ2) is 5.48. The van der Waals surface area contributed by atoms with Crippen LogP contribution in [0.1, 0.15) is 31.2 Å². The van der Waals surface area contributed by atoms with Crippen molar-refractivity contribution in [3.63, 3.8) is 0 Å². The monoisotopic (exact) mass is 253 g/mol. The van der Waals surface area contributed by atoms with Gasteiger partial charge < -0.3 is 11.1 Å². The summed E-state index contributed by atoms with van der Waals surface area (Å²) in [5.74, 6) is 0. The lowest BCUT2D eigenvalue weighted by Crippen LogP contribution is -2.54. The third kappa shape index (κ3) is 3.28. The van der Waals surface area contributed by atoms with E-state index in [1.807, 2.05) is 0 Å². The molecule has 0 bridgehead atoms. The van der Waals surface area contributed by atoms with Crippen molar-refractivity contribution in [2.24, 2.45) is 5.73 Å². The van der Waals surface area contributed by atoms with Crippen molar-refractivity contribution in [2.75, 3.05) is 26.2 Å². The summed E-state index contributed by atoms with van der Waals surface area (Å²) in [6.45, 7) is 9.07. The highest BCUT2D eigenvalue weighted by atomic mass is 32.1. The van der Waals surface area contributed by atoms with Crippen molar-refractivity contribution >= 4 is 11.3 Å². The number of hydrogen-bond donors (Lipinski definition) is 2. The smallest absolute Gasteiger partial charge is 0.0407 e. The third-order valence-corrected chi connectivity index (χ3v) is 4.61. The lowest BCUT2D eigenvalue weighted by atomic mass is 9.92. The van der Waals surface area contributed by atoms with Crippen LogP contribution in [0.15, 0.2) is 17.5 Å². The van der Waals surface area contributed by atoms with Crippen LogP contribution in [0, 0.1) is 0 Å². The fourth-order valence-electron chi connectivity index (χ4n) is 2.54. The van der Waals surface area contributed by atoms with E-state index in [1.165, 1.54) is 4.88 Å². The molecule has 1 aromatic rings. The third-order valence-electron chi connectivity index (χ3n) is 3.60. The predicted octanol–water partition coefficient (Wildman–Crippen LogP) is 1.82. The van der Waals surface area contributed by atoms with Crippen LogP contribution in [0.3, 0.4) is 0 Å². The molecule has 96 valence electrons. The molecule has 1 aliphatic heterocycles. The number of nitrogens with zero attached hydrogens (tertiary/aromatic N) is 1. The first-order valence-corrected chi connectivity index (χ1v) is 7.22. The van der Waals surface area contributed by atoms with Crippen molar-refractivity contribution in [3.05, 3.63) is 22.4 Å². The summed E-state index contributed by atoms with van der Waals surface area (Å²) in [6, 6.07) is 4.39. The van der Waals surface area contributed by atoms with E-state index in [1.54, 1.807) is 11.3 Å². The molecule has 1 atom stereocenters. The standard InChI is InChI=1S/C13H23N3S/c1-13(2,16-7-5-15-6-8-16)10-11(14)12-4-3-9-17-12/h3-4,9,11,15H,5-8,10,14H2,1-2H3. The fourth-order valence-corrected chi connectivity index (χ4v) is 3.27. The van der Waals surface area contributed by atoms with Crippen LogP contribution >= 0.6 is 11.3 Å². The van der Waals surface area contributed by atoms with Gasteiger partial charge in [-0.25, -0.2) is 0 Å². The van der Waals surface area contributed by atoms with E-state index in [-0.39, 0.29) is 11.6 Å². The molecule has 0 aliphatic carbocycles. The summed E-state index contributed by atoms with van der Waals surface area (Å²) in [6.07, 6.45) is 1.02. The first-order valence-electron chi connectivity index (χ1n) is 6.34. The second-order valence-electron chi connectivity index (χ2n) is 5.38. The summed E-state index contributed by atoms with van der Waals surface area (Å²) < 4.78 is 0. The van der Waals surface area contributed by atoms with Gasteiger partial charge in [0.1, 0.15) is 0 Å². The van der Waals surface area contributed by atoms with Gasteiger partial charge in [0.2, 0.25) is 0 Å². The average Bonchev–Trinajstić information content (AvgIpc) is 2.83. The van der Waals surface area contributed by atoms with Crippen LogP contribution < -0.4 is 11.1 Å². The summed E-state index contributed by atoms with van der Waals surface area (Å²) in [7, 11) is 0. The molecule has 1 aromatic heterocycles. The lowest BCUT2D eigenvalue weighted by molar-refractivity contribution is 0.0896. The van der Waals surface area contributed by atoms with E-state index >= 15 is 0 Å². The molecular formula is C13H23N3S. The molecule has 0 spiro atoms. The molecule has 17 heavy (non-hydrogen) atoms. The molecule has 2 heterocycles. The Kier molecular flexibility index (Phi) is 4.20. The first kappa shape index (κ1) is 13.0. The summed E-state index contributed by atoms with van der Waals surface area (Å²) in [4.78, 5) is 3.85. The highest BCUT2D eigenvalue weighted by Gasteiger charge is 2.30. The van der Waals surface area contributed by atoms with Crippen LogP contribution in [0.5, 0.6) is 0 Å². The van der Waals surface area contributed by atoms with Gasteiger partial charge in [-0.05, 0) is 31.7 Å².